The highest BCUT2D eigenvalue weighted by atomic mass is 14.9. The van der Waals surface area contributed by atoms with Crippen LogP contribution in [0.3, 0.4) is 0 Å². The Morgan fingerprint density at radius 1 is 0.536 bits per heavy atom. The summed E-state index contributed by atoms with van der Waals surface area (Å²) in [5, 5.41) is 0. The molecule has 0 atom stereocenters. The molecule has 0 aromatic heterocycles. The van der Waals surface area contributed by atoms with E-state index in [0.717, 1.165) is 34.3 Å². The second-order valence-electron chi connectivity index (χ2n) is 7.21. The molecule has 0 N–H and O–H groups in total. The van der Waals surface area contributed by atoms with E-state index in [2.05, 4.69) is 43.8 Å². The van der Waals surface area contributed by atoms with E-state index in [9.17, 15) is 0 Å². The summed E-state index contributed by atoms with van der Waals surface area (Å²) >= 11 is 0. The predicted molar refractivity (Wildman–Crippen MR) is 132 cm³/mol. The van der Waals surface area contributed by atoms with Crippen LogP contribution in [0.25, 0.3) is 0 Å². The number of nitrogens with zero attached hydrogens (tertiary/aromatic N) is 6. The maximum atomic E-state index is 4.16. The Balaban J connectivity index is -0.000000340. The Hall–Kier alpha value is -1.98. The highest BCUT2D eigenvalue weighted by molar-refractivity contribution is 6.40. The fraction of sp³-hybridized carbons (Fsp3) is 0.727. The van der Waals surface area contributed by atoms with E-state index >= 15 is 0 Å². The first-order chi connectivity index (χ1) is 12.8. The second kappa shape index (κ2) is 17.1. The van der Waals surface area contributed by atoms with E-state index in [1.54, 1.807) is 14.1 Å². The van der Waals surface area contributed by atoms with Crippen LogP contribution in [-0.4, -0.2) is 69.1 Å². The van der Waals surface area contributed by atoms with Gasteiger partial charge in [-0.1, -0.05) is 0 Å². The highest BCUT2D eigenvalue weighted by Crippen LogP contribution is 2.19. The van der Waals surface area contributed by atoms with E-state index in [0.29, 0.717) is 6.67 Å². The van der Waals surface area contributed by atoms with Crippen LogP contribution in [0.4, 0.5) is 0 Å². The lowest BCUT2D eigenvalue weighted by Crippen LogP contribution is -2.29. The van der Waals surface area contributed by atoms with Gasteiger partial charge in [0.05, 0.1) is 11.4 Å². The van der Waals surface area contributed by atoms with Gasteiger partial charge in [-0.15, -0.1) is 0 Å². The van der Waals surface area contributed by atoms with Gasteiger partial charge < -0.3 is 0 Å². The lowest BCUT2D eigenvalue weighted by Gasteiger charge is -2.23. The summed E-state index contributed by atoms with van der Waals surface area (Å²) in [6.07, 6.45) is 0. The molecule has 0 rings (SSSR count). The molecular weight excluding hydrogens is 348 g/mol. The minimum atomic E-state index is 0.0174. The molecule has 0 spiro atoms. The SMILES string of the molecule is CC(C)=NCN=C(C)C.CN=C(C)C(C)(C)C(C)=NC.CN=C(C)C(C)=NC. The van der Waals surface area contributed by atoms with Crippen molar-refractivity contribution in [1.82, 2.24) is 0 Å². The van der Waals surface area contributed by atoms with Gasteiger partial charge in [0.1, 0.15) is 6.67 Å². The Morgan fingerprint density at radius 2 is 0.821 bits per heavy atom. The highest BCUT2D eigenvalue weighted by Gasteiger charge is 2.23. The first-order valence-electron chi connectivity index (χ1n) is 9.51. The summed E-state index contributed by atoms with van der Waals surface area (Å²) in [6.45, 7) is 20.7. The zero-order chi connectivity index (χ0) is 22.9. The van der Waals surface area contributed by atoms with Crippen LogP contribution in [0.1, 0.15) is 69.2 Å². The van der Waals surface area contributed by atoms with Crippen molar-refractivity contribution < 1.29 is 0 Å². The average molecular weight is 393 g/mol. The van der Waals surface area contributed by atoms with Gasteiger partial charge in [-0.3, -0.25) is 30.0 Å². The van der Waals surface area contributed by atoms with Gasteiger partial charge in [0.25, 0.3) is 0 Å². The van der Waals surface area contributed by atoms with Crippen molar-refractivity contribution in [2.75, 3.05) is 34.9 Å². The van der Waals surface area contributed by atoms with E-state index in [1.165, 1.54) is 0 Å². The fourth-order valence-electron chi connectivity index (χ4n) is 1.46. The Bertz CT molecular complexity index is 557. The quantitative estimate of drug-likeness (QED) is 0.572. The van der Waals surface area contributed by atoms with Crippen LogP contribution in [0.2, 0.25) is 0 Å². The lowest BCUT2D eigenvalue weighted by atomic mass is 9.83. The predicted octanol–water partition coefficient (Wildman–Crippen LogP) is 5.27. The third-order valence-electron chi connectivity index (χ3n) is 4.45. The molecule has 0 aliphatic heterocycles. The topological polar surface area (TPSA) is 74.2 Å². The molecule has 162 valence electrons. The Morgan fingerprint density at radius 3 is 1.00 bits per heavy atom. The van der Waals surface area contributed by atoms with Crippen molar-refractivity contribution in [3.63, 3.8) is 0 Å². The molecule has 0 aromatic carbocycles. The van der Waals surface area contributed by atoms with Crippen LogP contribution in [0.5, 0.6) is 0 Å². The molecular formula is C22H44N6. The Labute approximate surface area is 174 Å². The van der Waals surface area contributed by atoms with Gasteiger partial charge in [0, 0.05) is 56.5 Å². The normalized spacial score (nSPS) is 12.9. The average Bonchev–Trinajstić information content (AvgIpc) is 2.65. The fourth-order valence-corrected chi connectivity index (χ4v) is 1.46. The molecule has 0 saturated carbocycles. The number of aliphatic imine (C=N–C) groups is 6. The number of hydrogen-bond donors (Lipinski definition) is 0. The molecule has 0 saturated heterocycles. The van der Waals surface area contributed by atoms with Crippen molar-refractivity contribution in [3.8, 4) is 0 Å². The molecule has 0 heterocycles. The number of hydrogen-bond acceptors (Lipinski definition) is 6. The summed E-state index contributed by atoms with van der Waals surface area (Å²) in [6, 6.07) is 0. The molecule has 0 radical (unpaired) electrons. The van der Waals surface area contributed by atoms with E-state index in [4.69, 9.17) is 0 Å². The Kier molecular flexibility index (Phi) is 18.8. The molecule has 0 aliphatic rings. The van der Waals surface area contributed by atoms with Crippen molar-refractivity contribution in [2.24, 2.45) is 35.4 Å². The van der Waals surface area contributed by atoms with Crippen molar-refractivity contribution >= 4 is 34.3 Å². The molecule has 0 aromatic rings. The standard InChI is InChI=1S/C9H18N2.C7H14N2.C6H12N2/c1-7(10-5)9(3,4)8(2)11-6;1-6(2)8-5-9-7(3)4;1-5(7-3)6(2)8-4/h1-6H3;5H2,1-4H3;1-4H3. The monoisotopic (exact) mass is 392 g/mol. The summed E-state index contributed by atoms with van der Waals surface area (Å²) in [4.78, 5) is 24.4. The molecule has 6 heteroatoms. The van der Waals surface area contributed by atoms with Crippen molar-refractivity contribution in [1.29, 1.82) is 0 Å². The molecule has 0 bridgehead atoms. The maximum absolute atomic E-state index is 4.16. The molecule has 0 unspecified atom stereocenters. The maximum Gasteiger partial charge on any atom is 0.129 e. The van der Waals surface area contributed by atoms with Crippen molar-refractivity contribution in [3.05, 3.63) is 0 Å². The molecule has 28 heavy (non-hydrogen) atoms. The lowest BCUT2D eigenvalue weighted by molar-refractivity contribution is 0.715. The molecule has 0 fully saturated rings. The largest absolute Gasteiger partial charge is 0.297 e. The van der Waals surface area contributed by atoms with E-state index in [-0.39, 0.29) is 5.41 Å². The zero-order valence-corrected chi connectivity index (χ0v) is 20.9. The minimum Gasteiger partial charge on any atom is -0.297 e. The van der Waals surface area contributed by atoms with Crippen LogP contribution < -0.4 is 0 Å². The van der Waals surface area contributed by atoms with Crippen molar-refractivity contribution in [2.45, 2.75) is 69.2 Å². The van der Waals surface area contributed by atoms with Gasteiger partial charge in [-0.05, 0) is 69.2 Å². The summed E-state index contributed by atoms with van der Waals surface area (Å²) in [5.74, 6) is 0. The van der Waals surface area contributed by atoms with Crippen LogP contribution in [0.15, 0.2) is 30.0 Å². The molecule has 0 amide bonds. The third kappa shape index (κ3) is 16.2. The smallest absolute Gasteiger partial charge is 0.129 e. The minimum absolute atomic E-state index is 0.0174. The summed E-state index contributed by atoms with van der Waals surface area (Å²) in [7, 11) is 7.17. The summed E-state index contributed by atoms with van der Waals surface area (Å²) < 4.78 is 0. The van der Waals surface area contributed by atoms with Crippen LogP contribution >= 0.6 is 0 Å². The molecule has 0 aliphatic carbocycles. The van der Waals surface area contributed by atoms with Gasteiger partial charge in [0.15, 0.2) is 0 Å². The van der Waals surface area contributed by atoms with Crippen LogP contribution in [-0.2, 0) is 0 Å². The van der Waals surface area contributed by atoms with Gasteiger partial charge in [-0.25, -0.2) is 0 Å². The first kappa shape index (κ1) is 30.7. The number of rotatable bonds is 5. The van der Waals surface area contributed by atoms with Gasteiger partial charge in [0.2, 0.25) is 0 Å². The van der Waals surface area contributed by atoms with Gasteiger partial charge >= 0.3 is 0 Å². The van der Waals surface area contributed by atoms with E-state index < -0.39 is 0 Å². The third-order valence-corrected chi connectivity index (χ3v) is 4.45. The second-order valence-corrected chi connectivity index (χ2v) is 7.21. The first-order valence-corrected chi connectivity index (χ1v) is 9.51. The van der Waals surface area contributed by atoms with E-state index in [1.807, 2.05) is 69.5 Å². The van der Waals surface area contributed by atoms with Crippen LogP contribution in [0, 0.1) is 5.41 Å². The van der Waals surface area contributed by atoms with Gasteiger partial charge in [-0.2, -0.15) is 0 Å². The molecule has 6 nitrogen and oxygen atoms in total. The summed E-state index contributed by atoms with van der Waals surface area (Å²) in [5.41, 5.74) is 6.45. The zero-order valence-electron chi connectivity index (χ0n) is 20.9.